The molecule has 13 heavy (non-hydrogen) atoms. The van der Waals surface area contributed by atoms with Crippen LogP contribution in [0.25, 0.3) is 0 Å². The molecule has 1 rings (SSSR count). The van der Waals surface area contributed by atoms with Crippen molar-refractivity contribution in [2.24, 2.45) is 5.41 Å². The highest BCUT2D eigenvalue weighted by Gasteiger charge is 2.42. The molecule has 0 bridgehead atoms. The van der Waals surface area contributed by atoms with Gasteiger partial charge in [-0.1, -0.05) is 6.92 Å². The lowest BCUT2D eigenvalue weighted by molar-refractivity contribution is -0.146. The van der Waals surface area contributed by atoms with E-state index in [4.69, 9.17) is 14.6 Å². The number of rotatable bonds is 5. The Kier molecular flexibility index (Phi) is 4.16. The molecule has 0 aromatic heterocycles. The van der Waals surface area contributed by atoms with Gasteiger partial charge >= 0.3 is 0 Å². The van der Waals surface area contributed by atoms with E-state index in [0.29, 0.717) is 0 Å². The highest BCUT2D eigenvalue weighted by molar-refractivity contribution is 4.85. The topological polar surface area (TPSA) is 38.7 Å². The van der Waals surface area contributed by atoms with E-state index in [-0.39, 0.29) is 18.3 Å². The van der Waals surface area contributed by atoms with Gasteiger partial charge in [-0.25, -0.2) is 0 Å². The van der Waals surface area contributed by atoms with Gasteiger partial charge in [0.2, 0.25) is 0 Å². The monoisotopic (exact) mass is 188 g/mol. The third kappa shape index (κ3) is 2.22. The smallest absolute Gasteiger partial charge is 0.162 e. The van der Waals surface area contributed by atoms with E-state index in [1.807, 2.05) is 0 Å². The molecule has 0 amide bonds. The summed E-state index contributed by atoms with van der Waals surface area (Å²) in [5.41, 5.74) is 0.150. The van der Waals surface area contributed by atoms with Crippen molar-refractivity contribution in [1.29, 1.82) is 0 Å². The van der Waals surface area contributed by atoms with Gasteiger partial charge in [0.1, 0.15) is 0 Å². The Balaban J connectivity index is 2.55. The van der Waals surface area contributed by atoms with E-state index in [1.54, 1.807) is 7.11 Å². The maximum absolute atomic E-state index is 8.81. The molecule has 0 radical (unpaired) electrons. The summed E-state index contributed by atoms with van der Waals surface area (Å²) in [7, 11) is 1.69. The van der Waals surface area contributed by atoms with Crippen LogP contribution in [0.4, 0.5) is 0 Å². The van der Waals surface area contributed by atoms with Crippen molar-refractivity contribution >= 4 is 0 Å². The largest absolute Gasteiger partial charge is 0.396 e. The van der Waals surface area contributed by atoms with Gasteiger partial charge in [-0.15, -0.1) is 0 Å². The third-order valence-corrected chi connectivity index (χ3v) is 3.12. The molecule has 78 valence electrons. The molecular formula is C10H20O3. The summed E-state index contributed by atoms with van der Waals surface area (Å²) in [6.45, 7) is 3.22. The lowest BCUT2D eigenvalue weighted by Crippen LogP contribution is -2.32. The molecule has 1 heterocycles. The number of methoxy groups -OCH3 is 1. The minimum atomic E-state index is -0.0657. The van der Waals surface area contributed by atoms with Crippen molar-refractivity contribution in [3.05, 3.63) is 0 Å². The Morgan fingerprint density at radius 2 is 2.38 bits per heavy atom. The van der Waals surface area contributed by atoms with Crippen LogP contribution < -0.4 is 0 Å². The van der Waals surface area contributed by atoms with Gasteiger partial charge in [-0.3, -0.25) is 0 Å². The van der Waals surface area contributed by atoms with E-state index >= 15 is 0 Å². The lowest BCUT2D eigenvalue weighted by Gasteiger charge is -2.31. The lowest BCUT2D eigenvalue weighted by atomic mass is 9.79. The summed E-state index contributed by atoms with van der Waals surface area (Å²) >= 11 is 0. The van der Waals surface area contributed by atoms with Crippen molar-refractivity contribution < 1.29 is 14.6 Å². The van der Waals surface area contributed by atoms with Crippen LogP contribution in [-0.2, 0) is 9.47 Å². The molecule has 2 atom stereocenters. The van der Waals surface area contributed by atoms with Gasteiger partial charge in [0.05, 0.1) is 6.61 Å². The highest BCUT2D eigenvalue weighted by Crippen LogP contribution is 2.42. The minimum Gasteiger partial charge on any atom is -0.396 e. The normalized spacial score (nSPS) is 33.9. The van der Waals surface area contributed by atoms with Crippen LogP contribution in [0.3, 0.4) is 0 Å². The quantitative estimate of drug-likeness (QED) is 0.711. The van der Waals surface area contributed by atoms with Crippen LogP contribution in [0, 0.1) is 5.41 Å². The molecule has 1 aliphatic heterocycles. The number of aliphatic hydroxyl groups is 1. The van der Waals surface area contributed by atoms with Crippen molar-refractivity contribution in [2.75, 3.05) is 20.3 Å². The van der Waals surface area contributed by atoms with Crippen LogP contribution in [-0.4, -0.2) is 31.7 Å². The molecule has 0 spiro atoms. The summed E-state index contributed by atoms with van der Waals surface area (Å²) in [4.78, 5) is 0. The zero-order valence-corrected chi connectivity index (χ0v) is 8.58. The molecule has 1 unspecified atom stereocenters. The Morgan fingerprint density at radius 1 is 1.62 bits per heavy atom. The summed E-state index contributed by atoms with van der Waals surface area (Å²) in [5, 5.41) is 8.81. The van der Waals surface area contributed by atoms with E-state index in [9.17, 15) is 0 Å². The van der Waals surface area contributed by atoms with Gasteiger partial charge in [-0.05, 0) is 25.7 Å². The Bertz CT molecular complexity index is 149. The van der Waals surface area contributed by atoms with Crippen LogP contribution in [0.1, 0.15) is 32.6 Å². The zero-order valence-electron chi connectivity index (χ0n) is 8.58. The predicted octanol–water partition coefficient (Wildman–Crippen LogP) is 1.55. The number of hydrogen-bond acceptors (Lipinski definition) is 3. The fourth-order valence-electron chi connectivity index (χ4n) is 2.18. The molecule has 0 aromatic carbocycles. The molecule has 1 fully saturated rings. The molecule has 1 aliphatic rings. The summed E-state index contributed by atoms with van der Waals surface area (Å²) in [6.07, 6.45) is 3.90. The van der Waals surface area contributed by atoms with E-state index in [2.05, 4.69) is 6.92 Å². The fourth-order valence-corrected chi connectivity index (χ4v) is 2.18. The molecule has 0 aliphatic carbocycles. The first-order chi connectivity index (χ1) is 6.29. The number of hydrogen-bond donors (Lipinski definition) is 1. The summed E-state index contributed by atoms with van der Waals surface area (Å²) in [6, 6.07) is 0. The first-order valence-corrected chi connectivity index (χ1v) is 5.04. The zero-order chi connectivity index (χ0) is 9.73. The van der Waals surface area contributed by atoms with Crippen molar-refractivity contribution in [3.8, 4) is 0 Å². The second-order valence-corrected chi connectivity index (χ2v) is 3.73. The van der Waals surface area contributed by atoms with Gasteiger partial charge in [0.25, 0.3) is 0 Å². The van der Waals surface area contributed by atoms with E-state index < -0.39 is 0 Å². The standard InChI is InChI=1S/C10H20O3/c1-3-10(5-4-7-11)6-8-13-9(10)12-2/h9,11H,3-8H2,1-2H3/t9?,10-/m1/s1. The molecule has 3 heteroatoms. The summed E-state index contributed by atoms with van der Waals surface area (Å²) in [5.74, 6) is 0. The van der Waals surface area contributed by atoms with Crippen LogP contribution in [0.5, 0.6) is 0 Å². The molecular weight excluding hydrogens is 168 g/mol. The van der Waals surface area contributed by atoms with Crippen LogP contribution >= 0.6 is 0 Å². The Hall–Kier alpha value is -0.120. The highest BCUT2D eigenvalue weighted by atomic mass is 16.7. The molecule has 1 saturated heterocycles. The van der Waals surface area contributed by atoms with Crippen LogP contribution in [0.2, 0.25) is 0 Å². The first kappa shape index (κ1) is 11.0. The Morgan fingerprint density at radius 3 is 2.92 bits per heavy atom. The number of ether oxygens (including phenoxy) is 2. The summed E-state index contributed by atoms with van der Waals surface area (Å²) < 4.78 is 10.8. The fraction of sp³-hybridized carbons (Fsp3) is 1.00. The number of aliphatic hydroxyl groups excluding tert-OH is 1. The van der Waals surface area contributed by atoms with Crippen molar-refractivity contribution in [2.45, 2.75) is 38.9 Å². The molecule has 0 aromatic rings. The maximum Gasteiger partial charge on any atom is 0.162 e. The van der Waals surface area contributed by atoms with Crippen molar-refractivity contribution in [1.82, 2.24) is 0 Å². The van der Waals surface area contributed by atoms with Crippen LogP contribution in [0.15, 0.2) is 0 Å². The van der Waals surface area contributed by atoms with Crippen molar-refractivity contribution in [3.63, 3.8) is 0 Å². The molecule has 1 N–H and O–H groups in total. The maximum atomic E-state index is 8.81. The van der Waals surface area contributed by atoms with Gasteiger partial charge in [0, 0.05) is 19.1 Å². The average molecular weight is 188 g/mol. The van der Waals surface area contributed by atoms with E-state index in [0.717, 1.165) is 32.3 Å². The molecule has 0 saturated carbocycles. The Labute approximate surface area is 80.0 Å². The average Bonchev–Trinajstić information content (AvgIpc) is 2.58. The third-order valence-electron chi connectivity index (χ3n) is 3.12. The predicted molar refractivity (Wildman–Crippen MR) is 50.4 cm³/mol. The second-order valence-electron chi connectivity index (χ2n) is 3.73. The van der Waals surface area contributed by atoms with Gasteiger partial charge in [-0.2, -0.15) is 0 Å². The second kappa shape index (κ2) is 4.94. The van der Waals surface area contributed by atoms with Gasteiger partial charge in [0.15, 0.2) is 6.29 Å². The van der Waals surface area contributed by atoms with Gasteiger partial charge < -0.3 is 14.6 Å². The van der Waals surface area contributed by atoms with E-state index in [1.165, 1.54) is 0 Å². The first-order valence-electron chi connectivity index (χ1n) is 5.04. The molecule has 3 nitrogen and oxygen atoms in total. The minimum absolute atomic E-state index is 0.0657. The SMILES string of the molecule is CC[C@@]1(CCCO)CCOC1OC.